The molecule has 2 heteroatoms. The second-order valence-electron chi connectivity index (χ2n) is 3.11. The summed E-state index contributed by atoms with van der Waals surface area (Å²) < 4.78 is 5.31. The summed E-state index contributed by atoms with van der Waals surface area (Å²) in [7, 11) is 0. The van der Waals surface area contributed by atoms with Crippen LogP contribution in [0.3, 0.4) is 0 Å². The summed E-state index contributed by atoms with van der Waals surface area (Å²) >= 11 is 0. The molecule has 0 unspecified atom stereocenters. The van der Waals surface area contributed by atoms with E-state index in [9.17, 15) is 0 Å². The van der Waals surface area contributed by atoms with Gasteiger partial charge in [-0.25, -0.2) is 0 Å². The third kappa shape index (κ3) is 2.11. The molecule has 0 N–H and O–H groups in total. The minimum Gasteiger partial charge on any atom is -0.465 e. The second-order valence-corrected chi connectivity index (χ2v) is 3.11. The molecule has 2 rings (SSSR count). The molecule has 0 saturated carbocycles. The number of furan rings is 1. The predicted molar refractivity (Wildman–Crippen MR) is 49.4 cm³/mol. The van der Waals surface area contributed by atoms with Crippen molar-refractivity contribution in [3.8, 4) is 0 Å². The Kier molecular flexibility index (Phi) is 3.49. The Morgan fingerprint density at radius 2 is 2.00 bits per heavy atom. The zero-order valence-electron chi connectivity index (χ0n) is 7.79. The van der Waals surface area contributed by atoms with E-state index in [1.54, 1.807) is 6.26 Å². The zero-order chi connectivity index (χ0) is 8.55. The molecule has 0 aliphatic heterocycles. The fraction of sp³-hybridized carbons (Fsp3) is 0.182. The molecular weight excluding hydrogens is 239 g/mol. The minimum absolute atomic E-state index is 0. The van der Waals surface area contributed by atoms with Crippen LogP contribution < -0.4 is 0 Å². The van der Waals surface area contributed by atoms with Crippen LogP contribution in [0.25, 0.3) is 5.57 Å². The first-order chi connectivity index (χ1) is 5.77. The summed E-state index contributed by atoms with van der Waals surface area (Å²) in [5, 5.41) is 0. The van der Waals surface area contributed by atoms with E-state index in [4.69, 9.17) is 4.42 Å². The van der Waals surface area contributed by atoms with Crippen LogP contribution in [0, 0.1) is 6.42 Å². The topological polar surface area (TPSA) is 13.1 Å². The van der Waals surface area contributed by atoms with Gasteiger partial charge in [0.15, 0.2) is 0 Å². The van der Waals surface area contributed by atoms with Crippen molar-refractivity contribution in [1.82, 2.24) is 0 Å². The van der Waals surface area contributed by atoms with E-state index in [0.717, 1.165) is 5.76 Å². The van der Waals surface area contributed by atoms with E-state index in [0.29, 0.717) is 0 Å². The SMILES string of the molecule is CC1=CC(C)=C(c2ccco2)[CH]1.[Zr]. The molecule has 0 atom stereocenters. The summed E-state index contributed by atoms with van der Waals surface area (Å²) in [6, 6.07) is 3.90. The molecule has 0 amide bonds. The van der Waals surface area contributed by atoms with Crippen LogP contribution in [-0.2, 0) is 26.2 Å². The van der Waals surface area contributed by atoms with Crippen LogP contribution in [0.5, 0.6) is 0 Å². The van der Waals surface area contributed by atoms with Crippen molar-refractivity contribution in [2.75, 3.05) is 0 Å². The summed E-state index contributed by atoms with van der Waals surface area (Å²) in [5.41, 5.74) is 3.78. The Labute approximate surface area is 97.6 Å². The Morgan fingerprint density at radius 3 is 2.46 bits per heavy atom. The van der Waals surface area contributed by atoms with Crippen LogP contribution in [0.15, 0.2) is 40.0 Å². The molecule has 0 bridgehead atoms. The van der Waals surface area contributed by atoms with Gasteiger partial charge >= 0.3 is 0 Å². The van der Waals surface area contributed by atoms with Gasteiger partial charge in [0.05, 0.1) is 6.26 Å². The van der Waals surface area contributed by atoms with Crippen LogP contribution in [-0.4, -0.2) is 0 Å². The Bertz CT molecular complexity index is 344. The molecule has 1 heterocycles. The summed E-state index contributed by atoms with van der Waals surface area (Å²) in [6.45, 7) is 4.20. The average Bonchev–Trinajstić information content (AvgIpc) is 2.58. The van der Waals surface area contributed by atoms with Crippen molar-refractivity contribution in [3.63, 3.8) is 0 Å². The first-order valence-corrected chi connectivity index (χ1v) is 4.05. The number of allylic oxidation sites excluding steroid dienone is 4. The van der Waals surface area contributed by atoms with E-state index < -0.39 is 0 Å². The largest absolute Gasteiger partial charge is 0.465 e. The van der Waals surface area contributed by atoms with Gasteiger partial charge in [-0.15, -0.1) is 0 Å². The van der Waals surface area contributed by atoms with Crippen LogP contribution >= 0.6 is 0 Å². The van der Waals surface area contributed by atoms with Crippen molar-refractivity contribution in [3.05, 3.63) is 47.8 Å². The monoisotopic (exact) mass is 249 g/mol. The van der Waals surface area contributed by atoms with Gasteiger partial charge in [0.1, 0.15) is 5.76 Å². The van der Waals surface area contributed by atoms with E-state index in [1.807, 2.05) is 12.1 Å². The van der Waals surface area contributed by atoms with Gasteiger partial charge in [-0.2, -0.15) is 0 Å². The standard InChI is InChI=1S/C11H11O.Zr/c1-8-6-9(2)10(7-8)11-4-3-5-12-11;/h3-7H,1-2H3;. The normalized spacial score (nSPS) is 15.7. The third-order valence-corrected chi connectivity index (χ3v) is 2.03. The molecule has 1 aliphatic rings. The van der Waals surface area contributed by atoms with Crippen LogP contribution in [0.2, 0.25) is 0 Å². The van der Waals surface area contributed by atoms with E-state index in [1.165, 1.54) is 16.7 Å². The Hall–Kier alpha value is -0.357. The van der Waals surface area contributed by atoms with Crippen molar-refractivity contribution in [2.24, 2.45) is 0 Å². The fourth-order valence-corrected chi connectivity index (χ4v) is 1.50. The van der Waals surface area contributed by atoms with Gasteiger partial charge in [0.2, 0.25) is 0 Å². The summed E-state index contributed by atoms with van der Waals surface area (Å²) in [4.78, 5) is 0. The first kappa shape index (κ1) is 10.7. The molecule has 1 aromatic heterocycles. The second kappa shape index (κ2) is 4.24. The zero-order valence-corrected chi connectivity index (χ0v) is 10.3. The van der Waals surface area contributed by atoms with Crippen molar-refractivity contribution in [2.45, 2.75) is 13.8 Å². The maximum atomic E-state index is 5.31. The number of rotatable bonds is 1. The van der Waals surface area contributed by atoms with Crippen LogP contribution in [0.1, 0.15) is 19.6 Å². The van der Waals surface area contributed by atoms with Gasteiger partial charge in [-0.1, -0.05) is 11.6 Å². The number of hydrogen-bond donors (Lipinski definition) is 0. The Morgan fingerprint density at radius 1 is 1.23 bits per heavy atom. The third-order valence-electron chi connectivity index (χ3n) is 2.03. The maximum absolute atomic E-state index is 5.31. The number of hydrogen-bond acceptors (Lipinski definition) is 1. The van der Waals surface area contributed by atoms with Crippen molar-refractivity contribution >= 4 is 5.57 Å². The average molecular weight is 250 g/mol. The molecule has 0 fully saturated rings. The first-order valence-electron chi connectivity index (χ1n) is 4.05. The molecule has 65 valence electrons. The maximum Gasteiger partial charge on any atom is 0.130 e. The van der Waals surface area contributed by atoms with Gasteiger partial charge in [0.25, 0.3) is 0 Å². The minimum atomic E-state index is 0. The summed E-state index contributed by atoms with van der Waals surface area (Å²) in [5.74, 6) is 0.959. The molecule has 0 spiro atoms. The van der Waals surface area contributed by atoms with Crippen molar-refractivity contribution in [1.29, 1.82) is 0 Å². The molecule has 1 aliphatic carbocycles. The molecule has 1 nitrogen and oxygen atoms in total. The van der Waals surface area contributed by atoms with Crippen molar-refractivity contribution < 1.29 is 30.6 Å². The molecule has 13 heavy (non-hydrogen) atoms. The van der Waals surface area contributed by atoms with E-state index >= 15 is 0 Å². The predicted octanol–water partition coefficient (Wildman–Crippen LogP) is 3.21. The Balaban J connectivity index is 0.000000845. The van der Waals surface area contributed by atoms with Gasteiger partial charge in [0, 0.05) is 38.2 Å². The molecule has 1 radical (unpaired) electrons. The van der Waals surface area contributed by atoms with Crippen LogP contribution in [0.4, 0.5) is 0 Å². The molecule has 0 aromatic carbocycles. The van der Waals surface area contributed by atoms with Gasteiger partial charge in [-0.05, 0) is 31.6 Å². The quantitative estimate of drug-likeness (QED) is 0.746. The van der Waals surface area contributed by atoms with Gasteiger partial charge < -0.3 is 4.42 Å². The fourth-order valence-electron chi connectivity index (χ4n) is 1.50. The molecular formula is C11H11OZr. The smallest absolute Gasteiger partial charge is 0.130 e. The molecule has 1 aromatic rings. The van der Waals surface area contributed by atoms with E-state index in [-0.39, 0.29) is 26.2 Å². The summed E-state index contributed by atoms with van der Waals surface area (Å²) in [6.07, 6.45) is 6.02. The van der Waals surface area contributed by atoms with Gasteiger partial charge in [-0.3, -0.25) is 0 Å². The van der Waals surface area contributed by atoms with E-state index in [2.05, 4.69) is 26.3 Å². The molecule has 0 saturated heterocycles.